The van der Waals surface area contributed by atoms with Crippen molar-refractivity contribution in [1.82, 2.24) is 0 Å². The lowest BCUT2D eigenvalue weighted by Crippen LogP contribution is -2.03. The van der Waals surface area contributed by atoms with Crippen LogP contribution in [0.5, 0.6) is 5.75 Å². The third-order valence-corrected chi connectivity index (χ3v) is 2.80. The standard InChI is InChI=1S/C15H12FNO/c1-18-15-9-5-3-7-12(15)13(10-17)11-6-2-4-8-14(11)16/h2-9,13H,1H3. The van der Waals surface area contributed by atoms with Crippen LogP contribution < -0.4 is 4.74 Å². The molecule has 3 heteroatoms. The molecule has 2 rings (SSSR count). The summed E-state index contributed by atoms with van der Waals surface area (Å²) in [6.07, 6.45) is 0. The van der Waals surface area contributed by atoms with Crippen molar-refractivity contribution in [3.8, 4) is 11.8 Å². The smallest absolute Gasteiger partial charge is 0.128 e. The predicted molar refractivity (Wildman–Crippen MR) is 66.9 cm³/mol. The second kappa shape index (κ2) is 5.33. The van der Waals surface area contributed by atoms with E-state index >= 15 is 0 Å². The van der Waals surface area contributed by atoms with Crippen molar-refractivity contribution in [3.63, 3.8) is 0 Å². The molecule has 0 saturated carbocycles. The van der Waals surface area contributed by atoms with Crippen molar-refractivity contribution in [2.45, 2.75) is 5.92 Å². The second-order valence-electron chi connectivity index (χ2n) is 3.83. The summed E-state index contributed by atoms with van der Waals surface area (Å²) in [6, 6.07) is 15.6. The molecule has 0 fully saturated rings. The summed E-state index contributed by atoms with van der Waals surface area (Å²) in [5, 5.41) is 9.31. The quantitative estimate of drug-likeness (QED) is 0.824. The minimum Gasteiger partial charge on any atom is -0.496 e. The number of nitrogens with zero attached hydrogens (tertiary/aromatic N) is 1. The van der Waals surface area contributed by atoms with Crippen LogP contribution in [0.3, 0.4) is 0 Å². The fourth-order valence-corrected chi connectivity index (χ4v) is 1.92. The molecule has 0 aliphatic carbocycles. The molecule has 0 amide bonds. The van der Waals surface area contributed by atoms with E-state index in [0.29, 0.717) is 16.9 Å². The monoisotopic (exact) mass is 241 g/mol. The van der Waals surface area contributed by atoms with Crippen molar-refractivity contribution in [1.29, 1.82) is 5.26 Å². The highest BCUT2D eigenvalue weighted by Gasteiger charge is 2.20. The third-order valence-electron chi connectivity index (χ3n) is 2.80. The number of benzene rings is 2. The van der Waals surface area contributed by atoms with Gasteiger partial charge < -0.3 is 4.74 Å². The first-order valence-corrected chi connectivity index (χ1v) is 5.55. The van der Waals surface area contributed by atoms with Crippen LogP contribution in [0.2, 0.25) is 0 Å². The van der Waals surface area contributed by atoms with Crippen LogP contribution >= 0.6 is 0 Å². The molecule has 1 unspecified atom stereocenters. The van der Waals surface area contributed by atoms with E-state index in [1.54, 1.807) is 30.3 Å². The minimum atomic E-state index is -0.664. The van der Waals surface area contributed by atoms with Crippen LogP contribution in [-0.4, -0.2) is 7.11 Å². The summed E-state index contributed by atoms with van der Waals surface area (Å²) in [4.78, 5) is 0. The van der Waals surface area contributed by atoms with Gasteiger partial charge in [0.15, 0.2) is 0 Å². The topological polar surface area (TPSA) is 33.0 Å². The molecular weight excluding hydrogens is 229 g/mol. The Labute approximate surface area is 105 Å². The number of nitriles is 1. The fourth-order valence-electron chi connectivity index (χ4n) is 1.92. The fraction of sp³-hybridized carbons (Fsp3) is 0.133. The Hall–Kier alpha value is -2.34. The molecule has 2 aromatic rings. The van der Waals surface area contributed by atoms with Gasteiger partial charge in [0.05, 0.1) is 13.2 Å². The SMILES string of the molecule is COc1ccccc1C(C#N)c1ccccc1F. The van der Waals surface area contributed by atoms with Crippen molar-refractivity contribution in [2.75, 3.05) is 7.11 Å². The van der Waals surface area contributed by atoms with Crippen molar-refractivity contribution >= 4 is 0 Å². The number of methoxy groups -OCH3 is 1. The molecular formula is C15H12FNO. The molecule has 90 valence electrons. The Kier molecular flexibility index (Phi) is 3.59. The first-order chi connectivity index (χ1) is 8.77. The number of para-hydroxylation sites is 1. The van der Waals surface area contributed by atoms with E-state index in [4.69, 9.17) is 4.74 Å². The van der Waals surface area contributed by atoms with Crippen molar-refractivity contribution in [2.24, 2.45) is 0 Å². The second-order valence-corrected chi connectivity index (χ2v) is 3.83. The summed E-state index contributed by atoms with van der Waals surface area (Å²) in [5.74, 6) is -0.454. The van der Waals surface area contributed by atoms with Crippen LogP contribution in [-0.2, 0) is 0 Å². The molecule has 18 heavy (non-hydrogen) atoms. The van der Waals surface area contributed by atoms with Gasteiger partial charge in [0, 0.05) is 11.1 Å². The Bertz CT molecular complexity index is 589. The maximum absolute atomic E-state index is 13.8. The van der Waals surface area contributed by atoms with Crippen molar-refractivity contribution in [3.05, 3.63) is 65.5 Å². The zero-order chi connectivity index (χ0) is 13.0. The molecule has 2 aromatic carbocycles. The molecule has 0 aliphatic heterocycles. The Morgan fingerprint density at radius 3 is 2.28 bits per heavy atom. The van der Waals surface area contributed by atoms with Gasteiger partial charge in [-0.3, -0.25) is 0 Å². The average molecular weight is 241 g/mol. The van der Waals surface area contributed by atoms with Crippen LogP contribution in [0.15, 0.2) is 48.5 Å². The van der Waals surface area contributed by atoms with Gasteiger partial charge in [0.1, 0.15) is 17.5 Å². The van der Waals surface area contributed by atoms with Gasteiger partial charge in [-0.1, -0.05) is 36.4 Å². The molecule has 0 bridgehead atoms. The average Bonchev–Trinajstić information content (AvgIpc) is 2.42. The summed E-state index contributed by atoms with van der Waals surface area (Å²) in [7, 11) is 1.54. The maximum Gasteiger partial charge on any atom is 0.128 e. The zero-order valence-corrected chi connectivity index (χ0v) is 9.93. The Morgan fingerprint density at radius 1 is 1.06 bits per heavy atom. The lowest BCUT2D eigenvalue weighted by molar-refractivity contribution is 0.409. The molecule has 0 heterocycles. The van der Waals surface area contributed by atoms with E-state index in [-0.39, 0.29) is 5.82 Å². The molecule has 0 radical (unpaired) electrons. The van der Waals surface area contributed by atoms with Crippen molar-refractivity contribution < 1.29 is 9.13 Å². The van der Waals surface area contributed by atoms with Gasteiger partial charge in [-0.2, -0.15) is 5.26 Å². The van der Waals surface area contributed by atoms with E-state index in [0.717, 1.165) is 0 Å². The van der Waals surface area contributed by atoms with Crippen LogP contribution in [0, 0.1) is 17.1 Å². The van der Waals surface area contributed by atoms with Gasteiger partial charge >= 0.3 is 0 Å². The molecule has 0 aliphatic rings. The van der Waals surface area contributed by atoms with Gasteiger partial charge in [-0.25, -0.2) is 4.39 Å². The number of hydrogen-bond donors (Lipinski definition) is 0. The van der Waals surface area contributed by atoms with Gasteiger partial charge in [0.2, 0.25) is 0 Å². The summed E-state index contributed by atoms with van der Waals surface area (Å²) < 4.78 is 19.0. The van der Waals surface area contributed by atoms with Gasteiger partial charge in [-0.05, 0) is 12.1 Å². The van der Waals surface area contributed by atoms with E-state index in [2.05, 4.69) is 6.07 Å². The molecule has 0 N–H and O–H groups in total. The Morgan fingerprint density at radius 2 is 1.67 bits per heavy atom. The lowest BCUT2D eigenvalue weighted by atomic mass is 9.91. The highest BCUT2D eigenvalue weighted by atomic mass is 19.1. The molecule has 0 saturated heterocycles. The Balaban J connectivity index is 2.54. The van der Waals surface area contributed by atoms with Crippen LogP contribution in [0.1, 0.15) is 17.0 Å². The zero-order valence-electron chi connectivity index (χ0n) is 9.93. The minimum absolute atomic E-state index is 0.365. The number of hydrogen-bond acceptors (Lipinski definition) is 2. The van der Waals surface area contributed by atoms with Gasteiger partial charge in [0.25, 0.3) is 0 Å². The normalized spacial score (nSPS) is 11.6. The van der Waals surface area contributed by atoms with E-state index in [1.165, 1.54) is 13.2 Å². The highest BCUT2D eigenvalue weighted by Crippen LogP contribution is 2.32. The first-order valence-electron chi connectivity index (χ1n) is 5.55. The first kappa shape index (κ1) is 12.1. The van der Waals surface area contributed by atoms with Crippen LogP contribution in [0.25, 0.3) is 0 Å². The number of rotatable bonds is 3. The van der Waals surface area contributed by atoms with E-state index in [1.807, 2.05) is 12.1 Å². The number of ether oxygens (including phenoxy) is 1. The predicted octanol–water partition coefficient (Wildman–Crippen LogP) is 3.49. The third kappa shape index (κ3) is 2.18. The highest BCUT2D eigenvalue weighted by molar-refractivity contribution is 5.46. The van der Waals surface area contributed by atoms with E-state index < -0.39 is 5.92 Å². The molecule has 2 nitrogen and oxygen atoms in total. The number of halogens is 1. The van der Waals surface area contributed by atoms with Gasteiger partial charge in [-0.15, -0.1) is 0 Å². The molecule has 0 spiro atoms. The van der Waals surface area contributed by atoms with Crippen LogP contribution in [0.4, 0.5) is 4.39 Å². The summed E-state index contributed by atoms with van der Waals surface area (Å²) >= 11 is 0. The summed E-state index contributed by atoms with van der Waals surface area (Å²) in [6.45, 7) is 0. The maximum atomic E-state index is 13.8. The molecule has 1 atom stereocenters. The van der Waals surface area contributed by atoms with E-state index in [9.17, 15) is 9.65 Å². The molecule has 0 aromatic heterocycles. The lowest BCUT2D eigenvalue weighted by Gasteiger charge is -2.14. The largest absolute Gasteiger partial charge is 0.496 e. The summed E-state index contributed by atoms with van der Waals surface area (Å²) in [5.41, 5.74) is 1.04.